The van der Waals surface area contributed by atoms with E-state index in [1.54, 1.807) is 30.5 Å². The number of rotatable bonds is 5. The van der Waals surface area contributed by atoms with Gasteiger partial charge in [0, 0.05) is 18.2 Å². The van der Waals surface area contributed by atoms with Crippen molar-refractivity contribution in [1.29, 1.82) is 0 Å². The van der Waals surface area contributed by atoms with E-state index in [4.69, 9.17) is 16.3 Å². The van der Waals surface area contributed by atoms with Crippen molar-refractivity contribution in [3.8, 4) is 5.75 Å². The summed E-state index contributed by atoms with van der Waals surface area (Å²) >= 11 is 6.29. The number of carboxylic acids is 1. The summed E-state index contributed by atoms with van der Waals surface area (Å²) in [7, 11) is 1.40. The molecular formula is C31H30ClFN4O5. The van der Waals surface area contributed by atoms with Gasteiger partial charge >= 0.3 is 5.97 Å². The molecule has 218 valence electrons. The molecule has 2 amide bonds. The van der Waals surface area contributed by atoms with Crippen LogP contribution in [0.4, 0.5) is 15.8 Å². The van der Waals surface area contributed by atoms with Gasteiger partial charge in [0.15, 0.2) is 0 Å². The van der Waals surface area contributed by atoms with Crippen LogP contribution in [-0.4, -0.2) is 58.6 Å². The van der Waals surface area contributed by atoms with Gasteiger partial charge in [-0.3, -0.25) is 24.4 Å². The van der Waals surface area contributed by atoms with Crippen molar-refractivity contribution in [2.45, 2.75) is 50.6 Å². The van der Waals surface area contributed by atoms with Crippen LogP contribution in [0.1, 0.15) is 54.7 Å². The standard InChI is InChI=1S/C31H30ClFN4O5/c1-30(2,3)14-22-31(26-19(35-29(31)41)9-6-12-34-26)23(17-7-5-8-18(32)24(17)33)25-27(38)36(15-37(22)25)20-11-10-16(28(39)40)13-21(20)42-4/h5-13,22-23,25H,14-15H2,1-4H3,(H,35,41)(H,39,40)/t22-,23?,25+,31+/m0/s1. The molecule has 3 aliphatic heterocycles. The topological polar surface area (TPSA) is 112 Å². The van der Waals surface area contributed by atoms with Crippen LogP contribution in [0.3, 0.4) is 0 Å². The fourth-order valence-corrected chi connectivity index (χ4v) is 7.18. The number of anilines is 2. The Kier molecular flexibility index (Phi) is 6.54. The molecule has 1 spiro atoms. The van der Waals surface area contributed by atoms with Crippen LogP contribution in [0.2, 0.25) is 5.02 Å². The minimum Gasteiger partial charge on any atom is -0.495 e. The molecule has 3 aromatic rings. The Labute approximate surface area is 247 Å². The number of methoxy groups -OCH3 is 1. The molecule has 2 N–H and O–H groups in total. The SMILES string of the molecule is COc1cc(C(=O)O)ccc1N1CN2[C@@H](CC(C)(C)C)[C@@]3(C(=O)Nc4cccnc43)C(c3cccc(Cl)c3F)[C@@H]2C1=O. The number of nitrogens with zero attached hydrogens (tertiary/aromatic N) is 3. The van der Waals surface area contributed by atoms with E-state index in [0.717, 1.165) is 0 Å². The second kappa shape index (κ2) is 9.78. The Hall–Kier alpha value is -4.02. The number of aromatic carboxylic acids is 1. The van der Waals surface area contributed by atoms with Gasteiger partial charge < -0.3 is 15.2 Å². The number of hydrogen-bond acceptors (Lipinski definition) is 6. The van der Waals surface area contributed by atoms with Crippen molar-refractivity contribution < 1.29 is 28.6 Å². The number of nitrogens with one attached hydrogen (secondary N) is 1. The molecule has 4 atom stereocenters. The van der Waals surface area contributed by atoms with Crippen molar-refractivity contribution in [3.05, 3.63) is 82.4 Å². The first-order chi connectivity index (χ1) is 19.9. The highest BCUT2D eigenvalue weighted by molar-refractivity contribution is 6.30. The van der Waals surface area contributed by atoms with Crippen molar-refractivity contribution in [2.75, 3.05) is 24.0 Å². The third-order valence-electron chi connectivity index (χ3n) is 8.58. The van der Waals surface area contributed by atoms with Crippen LogP contribution in [-0.2, 0) is 15.0 Å². The molecule has 4 heterocycles. The number of carbonyl (C=O) groups excluding carboxylic acids is 2. The molecule has 2 saturated heterocycles. The number of ether oxygens (including phenoxy) is 1. The average Bonchev–Trinajstić information content (AvgIpc) is 3.52. The molecule has 6 rings (SSSR count). The van der Waals surface area contributed by atoms with Gasteiger partial charge in [0.2, 0.25) is 11.8 Å². The van der Waals surface area contributed by atoms with Gasteiger partial charge in [0.1, 0.15) is 17.0 Å². The quantitative estimate of drug-likeness (QED) is 0.426. The Morgan fingerprint density at radius 1 is 1.21 bits per heavy atom. The predicted octanol–water partition coefficient (Wildman–Crippen LogP) is 5.05. The predicted molar refractivity (Wildman–Crippen MR) is 154 cm³/mol. The minimum absolute atomic E-state index is 0.0106. The number of fused-ring (bicyclic) bond motifs is 3. The zero-order valence-electron chi connectivity index (χ0n) is 23.5. The summed E-state index contributed by atoms with van der Waals surface area (Å²) < 4.78 is 21.5. The van der Waals surface area contributed by atoms with E-state index in [-0.39, 0.29) is 45.8 Å². The van der Waals surface area contributed by atoms with Gasteiger partial charge in [-0.15, -0.1) is 0 Å². The number of aromatic nitrogens is 1. The zero-order chi connectivity index (χ0) is 30.1. The number of benzene rings is 2. The number of hydrogen-bond donors (Lipinski definition) is 2. The molecule has 9 nitrogen and oxygen atoms in total. The Morgan fingerprint density at radius 3 is 2.67 bits per heavy atom. The molecule has 0 bridgehead atoms. The summed E-state index contributed by atoms with van der Waals surface area (Å²) in [4.78, 5) is 48.6. The lowest BCUT2D eigenvalue weighted by atomic mass is 9.63. The summed E-state index contributed by atoms with van der Waals surface area (Å²) in [6, 6.07) is 10.9. The molecule has 1 aromatic heterocycles. The third-order valence-corrected chi connectivity index (χ3v) is 8.87. The van der Waals surface area contributed by atoms with Crippen molar-refractivity contribution in [3.63, 3.8) is 0 Å². The zero-order valence-corrected chi connectivity index (χ0v) is 24.3. The maximum Gasteiger partial charge on any atom is 0.335 e. The summed E-state index contributed by atoms with van der Waals surface area (Å²) in [6.45, 7) is 6.23. The molecule has 11 heteroatoms. The van der Waals surface area contributed by atoms with Crippen LogP contribution in [0.25, 0.3) is 0 Å². The maximum absolute atomic E-state index is 16.0. The molecule has 1 unspecified atom stereocenters. The van der Waals surface area contributed by atoms with E-state index in [1.807, 2.05) is 4.90 Å². The Morgan fingerprint density at radius 2 is 1.98 bits per heavy atom. The lowest BCUT2D eigenvalue weighted by molar-refractivity contribution is -0.122. The van der Waals surface area contributed by atoms with E-state index >= 15 is 4.39 Å². The van der Waals surface area contributed by atoms with Crippen LogP contribution >= 0.6 is 11.6 Å². The lowest BCUT2D eigenvalue weighted by Crippen LogP contribution is -2.52. The maximum atomic E-state index is 16.0. The van der Waals surface area contributed by atoms with Crippen molar-refractivity contribution >= 4 is 40.8 Å². The van der Waals surface area contributed by atoms with E-state index in [1.165, 1.54) is 36.3 Å². The van der Waals surface area contributed by atoms with Gasteiger partial charge in [0.05, 0.1) is 47.5 Å². The second-order valence-electron chi connectivity index (χ2n) is 12.2. The van der Waals surface area contributed by atoms with Crippen LogP contribution < -0.4 is 15.0 Å². The number of pyridine rings is 1. The first kappa shape index (κ1) is 28.1. The molecule has 42 heavy (non-hydrogen) atoms. The lowest BCUT2D eigenvalue weighted by Gasteiger charge is -2.39. The highest BCUT2D eigenvalue weighted by Crippen LogP contribution is 2.61. The molecule has 0 saturated carbocycles. The fraction of sp³-hybridized carbons (Fsp3) is 0.355. The molecule has 2 fully saturated rings. The number of carbonyl (C=O) groups is 3. The monoisotopic (exact) mass is 592 g/mol. The Balaban J connectivity index is 1.59. The van der Waals surface area contributed by atoms with Crippen LogP contribution in [0.5, 0.6) is 5.75 Å². The second-order valence-corrected chi connectivity index (χ2v) is 12.6. The number of amides is 2. The van der Waals surface area contributed by atoms with E-state index in [2.05, 4.69) is 31.1 Å². The Bertz CT molecular complexity index is 1640. The average molecular weight is 593 g/mol. The van der Waals surface area contributed by atoms with Gasteiger partial charge in [-0.2, -0.15) is 0 Å². The smallest absolute Gasteiger partial charge is 0.335 e. The summed E-state index contributed by atoms with van der Waals surface area (Å²) in [5.74, 6) is -3.29. The van der Waals surface area contributed by atoms with Crippen molar-refractivity contribution in [2.24, 2.45) is 5.41 Å². The number of carboxylic acid groups (broad SMARTS) is 1. The summed E-state index contributed by atoms with van der Waals surface area (Å²) in [5, 5.41) is 12.4. The van der Waals surface area contributed by atoms with Crippen LogP contribution in [0.15, 0.2) is 54.7 Å². The first-order valence-electron chi connectivity index (χ1n) is 13.6. The summed E-state index contributed by atoms with van der Waals surface area (Å²) in [5.41, 5.74) is -0.123. The molecular weight excluding hydrogens is 563 g/mol. The highest BCUT2D eigenvalue weighted by atomic mass is 35.5. The van der Waals surface area contributed by atoms with E-state index in [9.17, 15) is 19.5 Å². The first-order valence-corrected chi connectivity index (χ1v) is 14.0. The largest absolute Gasteiger partial charge is 0.495 e. The van der Waals surface area contributed by atoms with E-state index in [0.29, 0.717) is 23.5 Å². The van der Waals surface area contributed by atoms with Gasteiger partial charge in [-0.25, -0.2) is 9.18 Å². The summed E-state index contributed by atoms with van der Waals surface area (Å²) in [6.07, 6.45) is 2.09. The van der Waals surface area contributed by atoms with Gasteiger partial charge in [0.25, 0.3) is 0 Å². The van der Waals surface area contributed by atoms with Gasteiger partial charge in [-0.05, 0) is 53.8 Å². The highest BCUT2D eigenvalue weighted by Gasteiger charge is 2.72. The molecule has 0 aliphatic carbocycles. The van der Waals surface area contributed by atoms with Gasteiger partial charge in [-0.1, -0.05) is 44.5 Å². The normalized spacial score (nSPS) is 25.1. The number of halogens is 2. The molecule has 2 aromatic carbocycles. The third kappa shape index (κ3) is 3.99. The van der Waals surface area contributed by atoms with Crippen LogP contribution in [0, 0.1) is 11.2 Å². The molecule has 0 radical (unpaired) electrons. The minimum atomic E-state index is -1.39. The fourth-order valence-electron chi connectivity index (χ4n) is 7.00. The molecule has 3 aliphatic rings. The van der Waals surface area contributed by atoms with E-state index < -0.39 is 35.2 Å². The van der Waals surface area contributed by atoms with Crippen molar-refractivity contribution in [1.82, 2.24) is 9.88 Å².